The monoisotopic (exact) mass is 688 g/mol. The van der Waals surface area contributed by atoms with Crippen molar-refractivity contribution in [2.45, 2.75) is 84.6 Å². The van der Waals surface area contributed by atoms with E-state index in [4.69, 9.17) is 14.5 Å². The van der Waals surface area contributed by atoms with Gasteiger partial charge < -0.3 is 9.47 Å². The van der Waals surface area contributed by atoms with Gasteiger partial charge in [0.1, 0.15) is 24.8 Å². The molecule has 2 aromatic carbocycles. The molecule has 0 aliphatic heterocycles. The van der Waals surface area contributed by atoms with E-state index in [1.165, 1.54) is 23.7 Å². The van der Waals surface area contributed by atoms with Crippen molar-refractivity contribution >= 4 is 23.3 Å². The number of nitrogens with zero attached hydrogens (tertiary/aromatic N) is 5. The first-order chi connectivity index (χ1) is 23.5. The highest BCUT2D eigenvalue weighted by Gasteiger charge is 2.31. The normalized spacial score (nSPS) is 13.8. The van der Waals surface area contributed by atoms with Crippen molar-refractivity contribution in [1.82, 2.24) is 19.7 Å². The molecule has 5 rings (SSSR count). The Morgan fingerprint density at radius 3 is 2.59 bits per heavy atom. The zero-order valence-electron chi connectivity index (χ0n) is 28.2. The molecule has 0 aliphatic rings. The maximum Gasteiger partial charge on any atom is 0.317 e. The maximum atomic E-state index is 15.2. The van der Waals surface area contributed by atoms with Crippen molar-refractivity contribution in [2.24, 2.45) is 0 Å². The number of carbonyl (C=O) groups is 2. The maximum absolute atomic E-state index is 15.2. The summed E-state index contributed by atoms with van der Waals surface area (Å²) in [5.74, 6) is -3.43. The van der Waals surface area contributed by atoms with Crippen LogP contribution in [-0.4, -0.2) is 31.7 Å². The third kappa shape index (κ3) is 8.80. The minimum absolute atomic E-state index is 0.0104. The molecule has 0 fully saturated rings. The van der Waals surface area contributed by atoms with Crippen LogP contribution in [0.1, 0.15) is 91.9 Å². The van der Waals surface area contributed by atoms with Gasteiger partial charge in [0, 0.05) is 53.0 Å². The Bertz CT molecular complexity index is 1890. The number of esters is 2. The van der Waals surface area contributed by atoms with E-state index in [2.05, 4.69) is 10.1 Å². The lowest BCUT2D eigenvalue weighted by Gasteiger charge is -2.21. The molecule has 3 aromatic heterocycles. The van der Waals surface area contributed by atoms with Crippen molar-refractivity contribution in [1.29, 1.82) is 0 Å². The quantitative estimate of drug-likeness (QED) is 0.0877. The van der Waals surface area contributed by atoms with Gasteiger partial charge in [0.05, 0.1) is 22.3 Å². The lowest BCUT2D eigenvalue weighted by atomic mass is 9.87. The van der Waals surface area contributed by atoms with E-state index >= 15 is 4.39 Å². The van der Waals surface area contributed by atoms with Crippen molar-refractivity contribution in [3.05, 3.63) is 118 Å². The van der Waals surface area contributed by atoms with Crippen LogP contribution in [0.15, 0.2) is 78.8 Å². The van der Waals surface area contributed by atoms with Crippen molar-refractivity contribution in [3.63, 3.8) is 0 Å². The summed E-state index contributed by atoms with van der Waals surface area (Å²) in [5, 5.41) is 7.23. The highest BCUT2D eigenvalue weighted by atomic mass is 32.1. The van der Waals surface area contributed by atoms with E-state index in [1.807, 2.05) is 50.4 Å². The average molecular weight is 689 g/mol. The SMILES string of the molecule is CCCC(=O)OCc1cccnc1C(C)C(=O)OC(C)[n+]1cnn(CC(c2cc(F)ccc2F)[C@@H](C)c2nc(-c3ccc(C)cc3)cs2)c1. The van der Waals surface area contributed by atoms with Gasteiger partial charge in [-0.15, -0.1) is 16.0 Å². The molecule has 0 N–H and O–H groups in total. The van der Waals surface area contributed by atoms with E-state index in [0.29, 0.717) is 24.1 Å². The van der Waals surface area contributed by atoms with E-state index in [0.717, 1.165) is 34.0 Å². The Morgan fingerprint density at radius 1 is 1.06 bits per heavy atom. The molecule has 0 saturated carbocycles. The molecule has 0 bridgehead atoms. The van der Waals surface area contributed by atoms with Gasteiger partial charge in [-0.05, 0) is 50.1 Å². The Labute approximate surface area is 288 Å². The summed E-state index contributed by atoms with van der Waals surface area (Å²) in [4.78, 5) is 34.4. The zero-order valence-corrected chi connectivity index (χ0v) is 29.0. The fraction of sp³-hybridized carbons (Fsp3) is 0.351. The van der Waals surface area contributed by atoms with Crippen LogP contribution in [0.2, 0.25) is 0 Å². The molecule has 49 heavy (non-hydrogen) atoms. The molecular formula is C37H40F2N5O4S+. The fourth-order valence-electron chi connectivity index (χ4n) is 5.51. The highest BCUT2D eigenvalue weighted by molar-refractivity contribution is 7.10. The minimum atomic E-state index is -0.740. The van der Waals surface area contributed by atoms with Gasteiger partial charge in [0.2, 0.25) is 12.6 Å². The van der Waals surface area contributed by atoms with Crippen molar-refractivity contribution in [2.75, 3.05) is 0 Å². The molecule has 0 amide bonds. The van der Waals surface area contributed by atoms with Crippen molar-refractivity contribution in [3.8, 4) is 11.3 Å². The number of pyridine rings is 1. The summed E-state index contributed by atoms with van der Waals surface area (Å²) in [6.07, 6.45) is 5.01. The number of hydrogen-bond acceptors (Lipinski definition) is 8. The number of ether oxygens (including phenoxy) is 2. The molecule has 3 unspecified atom stereocenters. The molecule has 5 aromatic rings. The molecule has 0 radical (unpaired) electrons. The fourth-order valence-corrected chi connectivity index (χ4v) is 6.46. The van der Waals surface area contributed by atoms with Gasteiger partial charge >= 0.3 is 11.9 Å². The number of hydrogen-bond donors (Lipinski definition) is 0. The van der Waals surface area contributed by atoms with Crippen molar-refractivity contribution < 1.29 is 32.4 Å². The van der Waals surface area contributed by atoms with E-state index < -0.39 is 35.7 Å². The summed E-state index contributed by atoms with van der Waals surface area (Å²) < 4.78 is 44.1. The molecule has 3 heterocycles. The third-order valence-corrected chi connectivity index (χ3v) is 9.49. The lowest BCUT2D eigenvalue weighted by molar-refractivity contribution is -0.754. The number of benzene rings is 2. The first kappa shape index (κ1) is 35.5. The summed E-state index contributed by atoms with van der Waals surface area (Å²) in [5.41, 5.74) is 4.26. The molecule has 4 atom stereocenters. The Hall–Kier alpha value is -4.84. The second kappa shape index (κ2) is 16.0. The van der Waals surface area contributed by atoms with Crippen LogP contribution in [0.3, 0.4) is 0 Å². The Morgan fingerprint density at radius 2 is 1.84 bits per heavy atom. The molecule has 0 aliphatic carbocycles. The van der Waals surface area contributed by atoms with Crippen LogP contribution in [0.25, 0.3) is 11.3 Å². The minimum Gasteiger partial charge on any atom is -0.461 e. The number of halogens is 2. The number of rotatable bonds is 14. The van der Waals surface area contributed by atoms with Gasteiger partial charge in [-0.1, -0.05) is 49.7 Å². The molecule has 0 saturated heterocycles. The first-order valence-electron chi connectivity index (χ1n) is 16.2. The third-order valence-electron chi connectivity index (χ3n) is 8.44. The smallest absolute Gasteiger partial charge is 0.317 e. The van der Waals surface area contributed by atoms with E-state index in [1.54, 1.807) is 47.8 Å². The van der Waals surface area contributed by atoms with Crippen LogP contribution >= 0.6 is 11.3 Å². The predicted molar refractivity (Wildman–Crippen MR) is 180 cm³/mol. The number of thiazole rings is 1. The first-order valence-corrected chi connectivity index (χ1v) is 17.1. The molecule has 256 valence electrons. The van der Waals surface area contributed by atoms with Crippen LogP contribution in [0, 0.1) is 18.6 Å². The van der Waals surface area contributed by atoms with E-state index in [9.17, 15) is 14.0 Å². The largest absolute Gasteiger partial charge is 0.461 e. The predicted octanol–water partition coefficient (Wildman–Crippen LogP) is 7.57. The Kier molecular flexibility index (Phi) is 11.6. The molecule has 0 spiro atoms. The van der Waals surface area contributed by atoms with Crippen LogP contribution in [-0.2, 0) is 32.2 Å². The van der Waals surface area contributed by atoms with Crippen LogP contribution in [0.4, 0.5) is 8.78 Å². The van der Waals surface area contributed by atoms with Gasteiger partial charge in [0.25, 0.3) is 6.33 Å². The highest BCUT2D eigenvalue weighted by Crippen LogP contribution is 2.38. The standard InChI is InChI=1S/C37H40F2N5O4S/c1-6-8-34(45)47-19-28-9-7-16-40-35(28)25(4)37(46)48-26(5)43-21-41-44(22-43)18-31(30-17-29(38)14-15-32(30)39)24(3)36-42-33(20-49-36)27-12-10-23(2)11-13-27/h7,9-17,20-22,24-26,31H,6,8,18-19H2,1-5H3/q+1/t24-,25?,26?,31?/m1/s1. The van der Waals surface area contributed by atoms with E-state index in [-0.39, 0.29) is 30.6 Å². The van der Waals surface area contributed by atoms with Gasteiger partial charge in [-0.3, -0.25) is 14.6 Å². The molecule has 12 heteroatoms. The van der Waals surface area contributed by atoms with Gasteiger partial charge in [-0.25, -0.2) is 13.8 Å². The molecule has 9 nitrogen and oxygen atoms in total. The summed E-state index contributed by atoms with van der Waals surface area (Å²) in [7, 11) is 0. The number of aryl methyl sites for hydroxylation is 1. The summed E-state index contributed by atoms with van der Waals surface area (Å²) >= 11 is 1.48. The summed E-state index contributed by atoms with van der Waals surface area (Å²) in [6.45, 7) is 9.48. The molecular weight excluding hydrogens is 649 g/mol. The topological polar surface area (TPSA) is 100 Å². The lowest BCUT2D eigenvalue weighted by Crippen LogP contribution is -2.39. The Balaban J connectivity index is 1.31. The van der Waals surface area contributed by atoms with Crippen LogP contribution in [0.5, 0.6) is 0 Å². The zero-order chi connectivity index (χ0) is 35.1. The number of aromatic nitrogens is 5. The summed E-state index contributed by atoms with van der Waals surface area (Å²) in [6, 6.07) is 15.0. The van der Waals surface area contributed by atoms with Gasteiger partial charge in [-0.2, -0.15) is 4.57 Å². The number of carbonyl (C=O) groups excluding carboxylic acids is 2. The second-order valence-corrected chi connectivity index (χ2v) is 13.0. The van der Waals surface area contributed by atoms with Crippen LogP contribution < -0.4 is 4.57 Å². The second-order valence-electron chi connectivity index (χ2n) is 12.1. The average Bonchev–Trinajstić information content (AvgIpc) is 3.78. The van der Waals surface area contributed by atoms with Gasteiger partial charge in [0.15, 0.2) is 0 Å².